The highest BCUT2D eigenvalue weighted by molar-refractivity contribution is 5.89. The first-order valence-corrected chi connectivity index (χ1v) is 9.39. The largest absolute Gasteiger partial charge is 0.491 e. The first kappa shape index (κ1) is 21.4. The number of ether oxygens (including phenoxy) is 2. The summed E-state index contributed by atoms with van der Waals surface area (Å²) in [6, 6.07) is 4.18. The van der Waals surface area contributed by atoms with E-state index in [2.05, 4.69) is 6.92 Å². The molecule has 1 aromatic rings. The summed E-state index contributed by atoms with van der Waals surface area (Å²) in [6.07, 6.45) is 8.88. The summed E-state index contributed by atoms with van der Waals surface area (Å²) in [4.78, 5) is 11.9. The second-order valence-corrected chi connectivity index (χ2v) is 6.18. The standard InChI is InChI=1S/C20H31FO4/c1-2-3-4-6-9-14-24-19-12-11-17(16-18(19)21)20(23)25-15-10-7-5-8-13-22/h11-12,16,22H,2-10,13-15H2,1H3. The quantitative estimate of drug-likeness (QED) is 0.382. The summed E-state index contributed by atoms with van der Waals surface area (Å²) in [7, 11) is 0. The lowest BCUT2D eigenvalue weighted by molar-refractivity contribution is 0.0496. The van der Waals surface area contributed by atoms with Gasteiger partial charge in [0.1, 0.15) is 0 Å². The van der Waals surface area contributed by atoms with Crippen LogP contribution in [0.1, 0.15) is 75.1 Å². The van der Waals surface area contributed by atoms with Crippen molar-refractivity contribution in [2.75, 3.05) is 19.8 Å². The van der Waals surface area contributed by atoms with Gasteiger partial charge in [-0.2, -0.15) is 0 Å². The predicted molar refractivity (Wildman–Crippen MR) is 96.5 cm³/mol. The van der Waals surface area contributed by atoms with Crippen LogP contribution in [0.15, 0.2) is 18.2 Å². The molecule has 1 N–H and O–H groups in total. The Morgan fingerprint density at radius 2 is 1.68 bits per heavy atom. The summed E-state index contributed by atoms with van der Waals surface area (Å²) < 4.78 is 24.6. The molecular weight excluding hydrogens is 323 g/mol. The van der Waals surface area contributed by atoms with Crippen LogP contribution in [-0.4, -0.2) is 30.9 Å². The zero-order chi connectivity index (χ0) is 18.3. The number of halogens is 1. The van der Waals surface area contributed by atoms with Crippen molar-refractivity contribution in [2.45, 2.75) is 64.7 Å². The van der Waals surface area contributed by atoms with Crippen molar-refractivity contribution in [3.63, 3.8) is 0 Å². The van der Waals surface area contributed by atoms with Crippen LogP contribution in [-0.2, 0) is 4.74 Å². The van der Waals surface area contributed by atoms with E-state index in [0.717, 1.165) is 38.5 Å². The van der Waals surface area contributed by atoms with Crippen molar-refractivity contribution >= 4 is 5.97 Å². The molecule has 0 spiro atoms. The molecule has 4 nitrogen and oxygen atoms in total. The van der Waals surface area contributed by atoms with Crippen molar-refractivity contribution in [2.24, 2.45) is 0 Å². The second kappa shape index (κ2) is 13.6. The van der Waals surface area contributed by atoms with Crippen molar-refractivity contribution in [1.82, 2.24) is 0 Å². The summed E-state index contributed by atoms with van der Waals surface area (Å²) in [5.74, 6) is -0.880. The van der Waals surface area contributed by atoms with Crippen LogP contribution in [0.25, 0.3) is 0 Å². The fourth-order valence-corrected chi connectivity index (χ4v) is 2.45. The molecule has 0 aromatic heterocycles. The van der Waals surface area contributed by atoms with Crippen LogP contribution >= 0.6 is 0 Å². The highest BCUT2D eigenvalue weighted by Gasteiger charge is 2.11. The van der Waals surface area contributed by atoms with Gasteiger partial charge in [0.2, 0.25) is 0 Å². The Hall–Kier alpha value is -1.62. The van der Waals surface area contributed by atoms with Crippen LogP contribution in [0, 0.1) is 5.82 Å². The average molecular weight is 354 g/mol. The highest BCUT2D eigenvalue weighted by atomic mass is 19.1. The summed E-state index contributed by atoms with van der Waals surface area (Å²) >= 11 is 0. The van der Waals surface area contributed by atoms with E-state index in [1.807, 2.05) is 0 Å². The van der Waals surface area contributed by atoms with Crippen LogP contribution in [0.2, 0.25) is 0 Å². The van der Waals surface area contributed by atoms with Gasteiger partial charge in [0.15, 0.2) is 11.6 Å². The number of unbranched alkanes of at least 4 members (excludes halogenated alkanes) is 7. The number of rotatable bonds is 14. The van der Waals surface area contributed by atoms with E-state index in [-0.39, 0.29) is 17.9 Å². The van der Waals surface area contributed by atoms with E-state index in [1.165, 1.54) is 37.5 Å². The summed E-state index contributed by atoms with van der Waals surface area (Å²) in [5, 5.41) is 8.68. The third-order valence-electron chi connectivity index (χ3n) is 3.96. The van der Waals surface area contributed by atoms with Gasteiger partial charge in [-0.3, -0.25) is 0 Å². The number of carbonyl (C=O) groups excluding carboxylic acids is 1. The Kier molecular flexibility index (Phi) is 11.7. The molecule has 0 heterocycles. The third kappa shape index (κ3) is 9.44. The first-order valence-electron chi connectivity index (χ1n) is 9.39. The van der Waals surface area contributed by atoms with Gasteiger partial charge in [0.05, 0.1) is 18.8 Å². The molecule has 5 heteroatoms. The molecular formula is C20H31FO4. The molecule has 0 saturated heterocycles. The summed E-state index contributed by atoms with van der Waals surface area (Å²) in [5.41, 5.74) is 0.197. The second-order valence-electron chi connectivity index (χ2n) is 6.18. The van der Waals surface area contributed by atoms with Crippen LogP contribution in [0.3, 0.4) is 0 Å². The Labute approximate surface area is 150 Å². The molecule has 0 aliphatic rings. The maximum atomic E-state index is 14.0. The normalized spacial score (nSPS) is 10.7. The van der Waals surface area contributed by atoms with Gasteiger partial charge in [0, 0.05) is 6.61 Å². The number of carbonyl (C=O) groups is 1. The number of hydrogen-bond donors (Lipinski definition) is 1. The van der Waals surface area contributed by atoms with Crippen molar-refractivity contribution in [3.05, 3.63) is 29.6 Å². The minimum atomic E-state index is -0.536. The van der Waals surface area contributed by atoms with Gasteiger partial charge < -0.3 is 14.6 Å². The smallest absolute Gasteiger partial charge is 0.338 e. The number of benzene rings is 1. The molecule has 0 amide bonds. The van der Waals surface area contributed by atoms with Gasteiger partial charge >= 0.3 is 5.97 Å². The predicted octanol–water partition coefficient (Wildman–Crippen LogP) is 4.88. The lowest BCUT2D eigenvalue weighted by Gasteiger charge is -2.09. The minimum absolute atomic E-state index is 0.177. The maximum Gasteiger partial charge on any atom is 0.338 e. The van der Waals surface area contributed by atoms with Gasteiger partial charge in [-0.25, -0.2) is 9.18 Å². The minimum Gasteiger partial charge on any atom is -0.491 e. The Bertz CT molecular complexity index is 491. The third-order valence-corrected chi connectivity index (χ3v) is 3.96. The molecule has 0 aliphatic heterocycles. The van der Waals surface area contributed by atoms with Crippen molar-refractivity contribution in [3.8, 4) is 5.75 Å². The number of aliphatic hydroxyl groups is 1. The van der Waals surface area contributed by atoms with E-state index in [4.69, 9.17) is 14.6 Å². The van der Waals surface area contributed by atoms with Crippen LogP contribution < -0.4 is 4.74 Å². The zero-order valence-corrected chi connectivity index (χ0v) is 15.3. The van der Waals surface area contributed by atoms with Gasteiger partial charge in [-0.15, -0.1) is 0 Å². The number of aliphatic hydroxyl groups excluding tert-OH is 1. The fraction of sp³-hybridized carbons (Fsp3) is 0.650. The maximum absolute atomic E-state index is 14.0. The Morgan fingerprint density at radius 3 is 2.36 bits per heavy atom. The monoisotopic (exact) mass is 354 g/mol. The van der Waals surface area contributed by atoms with E-state index in [1.54, 1.807) is 0 Å². The lowest BCUT2D eigenvalue weighted by atomic mass is 10.2. The van der Waals surface area contributed by atoms with E-state index >= 15 is 0 Å². The molecule has 1 rings (SSSR count). The first-order chi connectivity index (χ1) is 12.2. The molecule has 0 saturated carbocycles. The molecule has 0 unspecified atom stereocenters. The zero-order valence-electron chi connectivity index (χ0n) is 15.3. The molecule has 1 aromatic carbocycles. The Morgan fingerprint density at radius 1 is 1.00 bits per heavy atom. The van der Waals surface area contributed by atoms with Gasteiger partial charge in [0.25, 0.3) is 0 Å². The van der Waals surface area contributed by atoms with E-state index < -0.39 is 11.8 Å². The lowest BCUT2D eigenvalue weighted by Crippen LogP contribution is -2.07. The number of hydrogen-bond acceptors (Lipinski definition) is 4. The van der Waals surface area contributed by atoms with E-state index in [9.17, 15) is 9.18 Å². The van der Waals surface area contributed by atoms with E-state index in [0.29, 0.717) is 13.2 Å². The van der Waals surface area contributed by atoms with Gasteiger partial charge in [-0.05, 0) is 43.9 Å². The topological polar surface area (TPSA) is 55.8 Å². The average Bonchev–Trinajstić information content (AvgIpc) is 2.61. The molecule has 142 valence electrons. The SMILES string of the molecule is CCCCCCCOc1ccc(C(=O)OCCCCCCO)cc1F. The van der Waals surface area contributed by atoms with Crippen LogP contribution in [0.4, 0.5) is 4.39 Å². The number of esters is 1. The van der Waals surface area contributed by atoms with Gasteiger partial charge in [-0.1, -0.05) is 39.0 Å². The fourth-order valence-electron chi connectivity index (χ4n) is 2.45. The van der Waals surface area contributed by atoms with Crippen molar-refractivity contribution in [1.29, 1.82) is 0 Å². The molecule has 0 fully saturated rings. The van der Waals surface area contributed by atoms with Crippen molar-refractivity contribution < 1.29 is 23.8 Å². The molecule has 0 aliphatic carbocycles. The highest BCUT2D eigenvalue weighted by Crippen LogP contribution is 2.19. The molecule has 25 heavy (non-hydrogen) atoms. The molecule has 0 atom stereocenters. The molecule has 0 radical (unpaired) electrons. The summed E-state index contributed by atoms with van der Waals surface area (Å²) in [6.45, 7) is 3.14. The molecule has 0 bridgehead atoms. The van der Waals surface area contributed by atoms with Crippen LogP contribution in [0.5, 0.6) is 5.75 Å². The Balaban J connectivity index is 2.30.